The van der Waals surface area contributed by atoms with Gasteiger partial charge in [0.15, 0.2) is 0 Å². The first-order valence-electron chi connectivity index (χ1n) is 7.04. The van der Waals surface area contributed by atoms with Gasteiger partial charge in [0.1, 0.15) is 11.4 Å². The number of hydrogen-bond donors (Lipinski definition) is 1. The van der Waals surface area contributed by atoms with Crippen LogP contribution in [0.25, 0.3) is 0 Å². The molecule has 0 atom stereocenters. The van der Waals surface area contributed by atoms with E-state index in [4.69, 9.17) is 4.74 Å². The van der Waals surface area contributed by atoms with Gasteiger partial charge in [-0.05, 0) is 19.1 Å². The van der Waals surface area contributed by atoms with E-state index in [-0.39, 0.29) is 23.0 Å². The molecule has 1 aromatic heterocycles. The number of nitrogens with zero attached hydrogens (tertiary/aromatic N) is 2. The first-order valence-corrected chi connectivity index (χ1v) is 7.04. The normalized spacial score (nSPS) is 11.0. The number of nitro benzene ring substituents is 1. The van der Waals surface area contributed by atoms with Gasteiger partial charge >= 0.3 is 6.18 Å². The summed E-state index contributed by atoms with van der Waals surface area (Å²) in [5.41, 5.74) is -0.0798. The third-order valence-corrected chi connectivity index (χ3v) is 3.03. The van der Waals surface area contributed by atoms with Crippen molar-refractivity contribution in [2.75, 3.05) is 11.9 Å². The number of ether oxygens (including phenoxy) is 1. The second kappa shape index (κ2) is 7.20. The summed E-state index contributed by atoms with van der Waals surface area (Å²) in [6.45, 7) is 5.77. The molecule has 0 fully saturated rings. The van der Waals surface area contributed by atoms with Gasteiger partial charge in [-0.15, -0.1) is 0 Å². The van der Waals surface area contributed by atoms with Crippen molar-refractivity contribution >= 4 is 11.4 Å². The summed E-state index contributed by atoms with van der Waals surface area (Å²) in [6.07, 6.45) is -3.83. The number of benzene rings is 1. The van der Waals surface area contributed by atoms with Gasteiger partial charge in [0, 0.05) is 30.9 Å². The Morgan fingerprint density at radius 1 is 1.36 bits per heavy atom. The van der Waals surface area contributed by atoms with Crippen molar-refractivity contribution in [1.82, 2.24) is 4.98 Å². The maximum Gasteiger partial charge on any atom is 0.417 e. The molecule has 2 rings (SSSR count). The summed E-state index contributed by atoms with van der Waals surface area (Å²) < 4.78 is 42.9. The topological polar surface area (TPSA) is 77.3 Å². The third-order valence-electron chi connectivity index (χ3n) is 3.03. The van der Waals surface area contributed by atoms with Crippen molar-refractivity contribution < 1.29 is 22.8 Å². The fourth-order valence-corrected chi connectivity index (χ4v) is 1.85. The minimum atomic E-state index is -4.49. The van der Waals surface area contributed by atoms with Crippen LogP contribution < -0.4 is 10.1 Å². The minimum absolute atomic E-state index is 0.0623. The summed E-state index contributed by atoms with van der Waals surface area (Å²) in [5, 5.41) is 13.9. The van der Waals surface area contributed by atoms with E-state index < -0.39 is 16.7 Å². The molecule has 0 saturated heterocycles. The van der Waals surface area contributed by atoms with Gasteiger partial charge in [0.05, 0.1) is 10.5 Å². The lowest BCUT2D eigenvalue weighted by molar-refractivity contribution is -0.384. The first kappa shape index (κ1) is 18.2. The van der Waals surface area contributed by atoms with Crippen LogP contribution in [0.4, 0.5) is 24.5 Å². The van der Waals surface area contributed by atoms with Crippen molar-refractivity contribution in [3.8, 4) is 11.6 Å². The molecule has 0 aliphatic rings. The Bertz CT molecular complexity index is 789. The number of pyridine rings is 1. The Kier molecular flexibility index (Phi) is 5.26. The third kappa shape index (κ3) is 4.93. The molecule has 0 bridgehead atoms. The van der Waals surface area contributed by atoms with E-state index in [0.717, 1.165) is 17.7 Å². The summed E-state index contributed by atoms with van der Waals surface area (Å²) >= 11 is 0. The largest absolute Gasteiger partial charge is 0.439 e. The summed E-state index contributed by atoms with van der Waals surface area (Å²) in [6, 6.07) is 5.86. The number of alkyl halides is 3. The van der Waals surface area contributed by atoms with Crippen LogP contribution in [0.1, 0.15) is 12.5 Å². The standard InChI is InChI=1S/C16H14F3N3O3/c1-10(2)8-20-13-7-12(4-5-14(13)22(23)24)25-15-6-3-11(9-21-15)16(17,18)19/h3-7,9,20H,1,8H2,2H3. The Hall–Kier alpha value is -3.10. The highest BCUT2D eigenvalue weighted by atomic mass is 19.4. The van der Waals surface area contributed by atoms with Gasteiger partial charge in [-0.2, -0.15) is 13.2 Å². The van der Waals surface area contributed by atoms with Crippen LogP contribution in [-0.4, -0.2) is 16.5 Å². The maximum atomic E-state index is 12.5. The van der Waals surface area contributed by atoms with E-state index >= 15 is 0 Å². The van der Waals surface area contributed by atoms with E-state index in [0.29, 0.717) is 12.7 Å². The number of nitrogens with one attached hydrogen (secondary N) is 1. The number of anilines is 1. The van der Waals surface area contributed by atoms with Crippen LogP contribution in [0.2, 0.25) is 0 Å². The highest BCUT2D eigenvalue weighted by Gasteiger charge is 2.30. The second-order valence-electron chi connectivity index (χ2n) is 5.23. The van der Waals surface area contributed by atoms with E-state index in [1.807, 2.05) is 0 Å². The SMILES string of the molecule is C=C(C)CNc1cc(Oc2ccc(C(F)(F)F)cn2)ccc1[N+](=O)[O-]. The zero-order chi connectivity index (χ0) is 18.6. The Morgan fingerprint density at radius 2 is 2.08 bits per heavy atom. The van der Waals surface area contributed by atoms with Gasteiger partial charge in [0.2, 0.25) is 5.88 Å². The molecule has 132 valence electrons. The molecule has 0 unspecified atom stereocenters. The molecule has 2 aromatic rings. The van der Waals surface area contributed by atoms with Crippen molar-refractivity contribution in [1.29, 1.82) is 0 Å². The Balaban J connectivity index is 2.23. The summed E-state index contributed by atoms with van der Waals surface area (Å²) in [5.74, 6) is 0.134. The number of hydrogen-bond acceptors (Lipinski definition) is 5. The summed E-state index contributed by atoms with van der Waals surface area (Å²) in [4.78, 5) is 14.1. The molecule has 0 aliphatic heterocycles. The molecule has 0 radical (unpaired) electrons. The van der Waals surface area contributed by atoms with Crippen molar-refractivity contribution in [3.05, 3.63) is 64.4 Å². The van der Waals surface area contributed by atoms with E-state index in [9.17, 15) is 23.3 Å². The monoisotopic (exact) mass is 353 g/mol. The molecular formula is C16H14F3N3O3. The molecule has 0 saturated carbocycles. The molecule has 1 heterocycles. The predicted octanol–water partition coefficient (Wildman–Crippen LogP) is 4.79. The van der Waals surface area contributed by atoms with Crippen molar-refractivity contribution in [2.24, 2.45) is 0 Å². The zero-order valence-electron chi connectivity index (χ0n) is 13.1. The minimum Gasteiger partial charge on any atom is -0.439 e. The Morgan fingerprint density at radius 3 is 2.60 bits per heavy atom. The highest BCUT2D eigenvalue weighted by Crippen LogP contribution is 2.32. The smallest absolute Gasteiger partial charge is 0.417 e. The van der Waals surface area contributed by atoms with Crippen LogP contribution in [-0.2, 0) is 6.18 Å². The van der Waals surface area contributed by atoms with Crippen LogP contribution in [0.3, 0.4) is 0 Å². The van der Waals surface area contributed by atoms with Crippen LogP contribution in [0, 0.1) is 10.1 Å². The van der Waals surface area contributed by atoms with Gasteiger partial charge < -0.3 is 10.1 Å². The molecule has 6 nitrogen and oxygen atoms in total. The van der Waals surface area contributed by atoms with E-state index in [1.165, 1.54) is 18.2 Å². The molecule has 0 spiro atoms. The molecule has 1 aromatic carbocycles. The first-order chi connectivity index (χ1) is 11.7. The molecule has 25 heavy (non-hydrogen) atoms. The highest BCUT2D eigenvalue weighted by molar-refractivity contribution is 5.64. The van der Waals surface area contributed by atoms with Gasteiger partial charge in [-0.25, -0.2) is 4.98 Å². The fourth-order valence-electron chi connectivity index (χ4n) is 1.85. The molecule has 0 aliphatic carbocycles. The molecule has 9 heteroatoms. The quantitative estimate of drug-likeness (QED) is 0.459. The number of rotatable bonds is 6. The average Bonchev–Trinajstić information content (AvgIpc) is 2.52. The van der Waals surface area contributed by atoms with Gasteiger partial charge in [-0.3, -0.25) is 10.1 Å². The van der Waals surface area contributed by atoms with Gasteiger partial charge in [-0.1, -0.05) is 12.2 Å². The van der Waals surface area contributed by atoms with E-state index in [2.05, 4.69) is 16.9 Å². The van der Waals surface area contributed by atoms with Crippen LogP contribution in [0.5, 0.6) is 11.6 Å². The lowest BCUT2D eigenvalue weighted by Gasteiger charge is -2.10. The maximum absolute atomic E-state index is 12.5. The number of halogens is 3. The lowest BCUT2D eigenvalue weighted by atomic mass is 10.2. The van der Waals surface area contributed by atoms with Crippen molar-refractivity contribution in [3.63, 3.8) is 0 Å². The molecule has 0 amide bonds. The summed E-state index contributed by atoms with van der Waals surface area (Å²) in [7, 11) is 0. The number of aromatic nitrogens is 1. The molecule has 1 N–H and O–H groups in total. The molecular weight excluding hydrogens is 339 g/mol. The van der Waals surface area contributed by atoms with E-state index in [1.54, 1.807) is 6.92 Å². The average molecular weight is 353 g/mol. The van der Waals surface area contributed by atoms with Gasteiger partial charge in [0.25, 0.3) is 5.69 Å². The van der Waals surface area contributed by atoms with Crippen LogP contribution in [0.15, 0.2) is 48.7 Å². The Labute approximate surface area is 141 Å². The predicted molar refractivity (Wildman–Crippen MR) is 85.7 cm³/mol. The number of nitro groups is 1. The zero-order valence-corrected chi connectivity index (χ0v) is 13.1. The fraction of sp³-hybridized carbons (Fsp3) is 0.188. The van der Waals surface area contributed by atoms with Crippen molar-refractivity contribution in [2.45, 2.75) is 13.1 Å². The lowest BCUT2D eigenvalue weighted by Crippen LogP contribution is -2.06. The van der Waals surface area contributed by atoms with Crippen LogP contribution >= 0.6 is 0 Å². The second-order valence-corrected chi connectivity index (χ2v) is 5.23.